The van der Waals surface area contributed by atoms with Gasteiger partial charge in [0, 0.05) is 19.4 Å². The Morgan fingerprint density at radius 3 is 2.26 bits per heavy atom. The maximum absolute atomic E-state index is 12.7. The molecule has 182 valence electrons. The van der Waals surface area contributed by atoms with E-state index in [1.807, 2.05) is 55.5 Å². The number of alkyl carbamates (subject to hydrolysis) is 1. The topological polar surface area (TPSA) is 94.1 Å². The van der Waals surface area contributed by atoms with Crippen LogP contribution in [0, 0.1) is 0 Å². The molecule has 35 heavy (non-hydrogen) atoms. The molecule has 3 aromatic carbocycles. The lowest BCUT2D eigenvalue weighted by Gasteiger charge is -2.19. The number of hydrogen-bond acceptors (Lipinski definition) is 5. The monoisotopic (exact) mass is 475 g/mol. The molecule has 1 amide bonds. The summed E-state index contributed by atoms with van der Waals surface area (Å²) in [4.78, 5) is 24.6. The van der Waals surface area contributed by atoms with Crippen LogP contribution in [-0.4, -0.2) is 43.5 Å². The standard InChI is InChI=1S/C28H29NO6/c1-3-34-26-13-12-18(16-33-2)14-19(26)15-25(27(30)31)29-28(32)35-17-24-22-10-6-4-8-20(22)21-9-5-7-11-23(21)24/h4-14,24-25H,3,15-17H2,1-2H3,(H,29,32)(H,30,31). The fourth-order valence-corrected chi connectivity index (χ4v) is 4.55. The fourth-order valence-electron chi connectivity index (χ4n) is 4.55. The minimum absolute atomic E-state index is 0.0480. The first-order valence-corrected chi connectivity index (χ1v) is 11.6. The number of carboxylic acid groups (broad SMARTS) is 1. The minimum atomic E-state index is -1.18. The van der Waals surface area contributed by atoms with E-state index in [2.05, 4.69) is 17.4 Å². The highest BCUT2D eigenvalue weighted by Gasteiger charge is 2.30. The lowest BCUT2D eigenvalue weighted by Crippen LogP contribution is -2.43. The molecule has 2 N–H and O–H groups in total. The van der Waals surface area contributed by atoms with Gasteiger partial charge in [-0.15, -0.1) is 0 Å². The van der Waals surface area contributed by atoms with Crippen LogP contribution in [-0.2, 0) is 27.3 Å². The summed E-state index contributed by atoms with van der Waals surface area (Å²) in [6.45, 7) is 2.79. The van der Waals surface area contributed by atoms with Gasteiger partial charge in [0.1, 0.15) is 18.4 Å². The highest BCUT2D eigenvalue weighted by molar-refractivity contribution is 5.81. The number of amides is 1. The zero-order valence-corrected chi connectivity index (χ0v) is 19.8. The van der Waals surface area contributed by atoms with E-state index in [-0.39, 0.29) is 18.9 Å². The number of aliphatic carboxylic acids is 1. The number of rotatable bonds is 10. The summed E-state index contributed by atoms with van der Waals surface area (Å²) in [5.41, 5.74) is 5.99. The molecule has 7 heteroatoms. The van der Waals surface area contributed by atoms with Crippen molar-refractivity contribution in [3.8, 4) is 16.9 Å². The predicted molar refractivity (Wildman–Crippen MR) is 132 cm³/mol. The number of methoxy groups -OCH3 is 1. The number of fused-ring (bicyclic) bond motifs is 3. The van der Waals surface area contributed by atoms with Gasteiger partial charge in [0.25, 0.3) is 0 Å². The van der Waals surface area contributed by atoms with Crippen LogP contribution in [0.1, 0.15) is 35.1 Å². The Labute approximate surface area is 204 Å². The van der Waals surface area contributed by atoms with E-state index < -0.39 is 18.1 Å². The molecule has 0 heterocycles. The number of benzene rings is 3. The zero-order chi connectivity index (χ0) is 24.8. The molecule has 0 fully saturated rings. The number of carbonyl (C=O) groups is 2. The van der Waals surface area contributed by atoms with E-state index in [1.54, 1.807) is 13.2 Å². The van der Waals surface area contributed by atoms with Crippen LogP contribution < -0.4 is 10.1 Å². The van der Waals surface area contributed by atoms with Gasteiger partial charge in [-0.1, -0.05) is 54.6 Å². The van der Waals surface area contributed by atoms with E-state index >= 15 is 0 Å². The normalized spacial score (nSPS) is 13.0. The molecule has 0 saturated heterocycles. The quantitative estimate of drug-likeness (QED) is 0.439. The Kier molecular flexibility index (Phi) is 7.67. The summed E-state index contributed by atoms with van der Waals surface area (Å²) in [7, 11) is 1.59. The number of carbonyl (C=O) groups excluding carboxylic acids is 1. The Hall–Kier alpha value is -3.84. The highest BCUT2D eigenvalue weighted by atomic mass is 16.5. The number of ether oxygens (including phenoxy) is 3. The highest BCUT2D eigenvalue weighted by Crippen LogP contribution is 2.44. The second-order valence-electron chi connectivity index (χ2n) is 8.37. The van der Waals surface area contributed by atoms with Crippen molar-refractivity contribution >= 4 is 12.1 Å². The third-order valence-electron chi connectivity index (χ3n) is 6.09. The van der Waals surface area contributed by atoms with Crippen molar-refractivity contribution in [1.29, 1.82) is 0 Å². The molecular weight excluding hydrogens is 446 g/mol. The summed E-state index contributed by atoms with van der Waals surface area (Å²) in [6, 6.07) is 20.4. The Morgan fingerprint density at radius 2 is 1.66 bits per heavy atom. The third kappa shape index (κ3) is 5.46. The van der Waals surface area contributed by atoms with E-state index in [4.69, 9.17) is 14.2 Å². The molecule has 4 rings (SSSR count). The smallest absolute Gasteiger partial charge is 0.407 e. The molecule has 3 aromatic rings. The summed E-state index contributed by atoms with van der Waals surface area (Å²) in [5, 5.41) is 12.3. The molecule has 0 saturated carbocycles. The van der Waals surface area contributed by atoms with Crippen LogP contribution in [0.15, 0.2) is 66.7 Å². The van der Waals surface area contributed by atoms with Crippen molar-refractivity contribution in [1.82, 2.24) is 5.32 Å². The van der Waals surface area contributed by atoms with E-state index in [0.29, 0.717) is 24.5 Å². The summed E-state index contributed by atoms with van der Waals surface area (Å²) in [5.74, 6) is -0.683. The molecule has 1 unspecified atom stereocenters. The maximum Gasteiger partial charge on any atom is 0.407 e. The first-order valence-electron chi connectivity index (χ1n) is 11.6. The lowest BCUT2D eigenvalue weighted by molar-refractivity contribution is -0.139. The summed E-state index contributed by atoms with van der Waals surface area (Å²) >= 11 is 0. The van der Waals surface area contributed by atoms with Crippen molar-refractivity contribution < 1.29 is 28.9 Å². The van der Waals surface area contributed by atoms with Gasteiger partial charge in [-0.25, -0.2) is 9.59 Å². The van der Waals surface area contributed by atoms with Gasteiger partial charge in [-0.2, -0.15) is 0 Å². The van der Waals surface area contributed by atoms with Gasteiger partial charge in [0.15, 0.2) is 0 Å². The van der Waals surface area contributed by atoms with Crippen molar-refractivity contribution in [3.63, 3.8) is 0 Å². The van der Waals surface area contributed by atoms with Crippen LogP contribution >= 0.6 is 0 Å². The van der Waals surface area contributed by atoms with E-state index in [0.717, 1.165) is 27.8 Å². The lowest BCUT2D eigenvalue weighted by atomic mass is 9.98. The minimum Gasteiger partial charge on any atom is -0.494 e. The van der Waals surface area contributed by atoms with Crippen LogP contribution in [0.5, 0.6) is 5.75 Å². The molecule has 0 aliphatic heterocycles. The SMILES string of the molecule is CCOc1ccc(COC)cc1CC(NC(=O)OCC1c2ccccc2-c2ccccc21)C(=O)O. The first kappa shape index (κ1) is 24.3. The van der Waals surface area contributed by atoms with E-state index in [9.17, 15) is 14.7 Å². The Morgan fingerprint density at radius 1 is 1.00 bits per heavy atom. The van der Waals surface area contributed by atoms with Crippen molar-refractivity contribution in [2.75, 3.05) is 20.3 Å². The van der Waals surface area contributed by atoms with Gasteiger partial charge < -0.3 is 24.6 Å². The van der Waals surface area contributed by atoms with Crippen molar-refractivity contribution in [3.05, 3.63) is 89.0 Å². The summed E-state index contributed by atoms with van der Waals surface area (Å²) in [6.07, 6.45) is -0.725. The number of nitrogens with one attached hydrogen (secondary N) is 1. The van der Waals surface area contributed by atoms with Gasteiger partial charge in [0.05, 0.1) is 13.2 Å². The fraction of sp³-hybridized carbons (Fsp3) is 0.286. The van der Waals surface area contributed by atoms with Gasteiger partial charge in [0.2, 0.25) is 0 Å². The Bertz CT molecular complexity index is 1160. The molecule has 0 bridgehead atoms. The molecule has 0 radical (unpaired) electrons. The first-order chi connectivity index (χ1) is 17.0. The molecule has 0 aromatic heterocycles. The van der Waals surface area contributed by atoms with Gasteiger partial charge in [-0.3, -0.25) is 0 Å². The zero-order valence-electron chi connectivity index (χ0n) is 19.8. The molecule has 0 spiro atoms. The number of hydrogen-bond donors (Lipinski definition) is 2. The Balaban J connectivity index is 1.45. The molecule has 1 atom stereocenters. The molecule has 1 aliphatic rings. The third-order valence-corrected chi connectivity index (χ3v) is 6.09. The maximum atomic E-state index is 12.7. The van der Waals surface area contributed by atoms with Crippen LogP contribution in [0.25, 0.3) is 11.1 Å². The predicted octanol–water partition coefficient (Wildman–Crippen LogP) is 4.77. The average Bonchev–Trinajstić information content (AvgIpc) is 3.18. The number of carboxylic acids is 1. The molecule has 7 nitrogen and oxygen atoms in total. The van der Waals surface area contributed by atoms with Crippen molar-refractivity contribution in [2.24, 2.45) is 0 Å². The second kappa shape index (κ2) is 11.1. The van der Waals surface area contributed by atoms with Crippen LogP contribution in [0.2, 0.25) is 0 Å². The van der Waals surface area contributed by atoms with E-state index in [1.165, 1.54) is 0 Å². The van der Waals surface area contributed by atoms with Crippen molar-refractivity contribution in [2.45, 2.75) is 31.9 Å². The van der Waals surface area contributed by atoms with Gasteiger partial charge >= 0.3 is 12.1 Å². The van der Waals surface area contributed by atoms with Crippen LogP contribution in [0.4, 0.5) is 4.79 Å². The molecule has 1 aliphatic carbocycles. The van der Waals surface area contributed by atoms with Crippen LogP contribution in [0.3, 0.4) is 0 Å². The second-order valence-corrected chi connectivity index (χ2v) is 8.37. The largest absolute Gasteiger partial charge is 0.494 e. The average molecular weight is 476 g/mol. The molecular formula is C28H29NO6. The summed E-state index contributed by atoms with van der Waals surface area (Å²) < 4.78 is 16.4. The van der Waals surface area contributed by atoms with Gasteiger partial charge in [-0.05, 0) is 52.4 Å².